The highest BCUT2D eigenvalue weighted by atomic mass is 32.1. The normalized spacial score (nSPS) is 9.69. The van der Waals surface area contributed by atoms with Crippen molar-refractivity contribution in [2.75, 3.05) is 0 Å². The summed E-state index contributed by atoms with van der Waals surface area (Å²) in [7, 11) is 0. The van der Waals surface area contributed by atoms with Crippen LogP contribution in [0.25, 0.3) is 0 Å². The summed E-state index contributed by atoms with van der Waals surface area (Å²) in [5.74, 6) is -0.208. The maximum absolute atomic E-state index is 10.6. The van der Waals surface area contributed by atoms with Gasteiger partial charge in [0.25, 0.3) is 0 Å². The van der Waals surface area contributed by atoms with E-state index in [1.807, 2.05) is 0 Å². The summed E-state index contributed by atoms with van der Waals surface area (Å²) in [6.07, 6.45) is 0. The molecule has 1 heterocycles. The van der Waals surface area contributed by atoms with Gasteiger partial charge in [-0.1, -0.05) is 11.3 Å². The van der Waals surface area contributed by atoms with Crippen LogP contribution in [0.2, 0.25) is 0 Å². The molecule has 0 aliphatic rings. The van der Waals surface area contributed by atoms with Gasteiger partial charge in [-0.3, -0.25) is 14.9 Å². The number of thiophene rings is 1. The summed E-state index contributed by atoms with van der Waals surface area (Å²) in [6.45, 7) is 2.80. The molecule has 0 atom stereocenters. The van der Waals surface area contributed by atoms with Gasteiger partial charge in [-0.2, -0.15) is 0 Å². The van der Waals surface area contributed by atoms with E-state index >= 15 is 0 Å². The van der Waals surface area contributed by atoms with Crippen molar-refractivity contribution in [3.05, 3.63) is 21.1 Å². The van der Waals surface area contributed by atoms with E-state index in [-0.39, 0.29) is 10.8 Å². The van der Waals surface area contributed by atoms with Crippen molar-refractivity contribution in [2.24, 2.45) is 0 Å². The molecule has 1 aromatic rings. The molecule has 0 radical (unpaired) electrons. The number of carbonyl (C=O) groups is 1. The molecule has 0 aromatic carbocycles. The fourth-order valence-corrected chi connectivity index (χ4v) is 1.63. The number of hydrogen-bond donors (Lipinski definition) is 0. The first-order valence-corrected chi connectivity index (χ1v) is 4.31. The first-order valence-electron chi connectivity index (χ1n) is 3.43. The van der Waals surface area contributed by atoms with Gasteiger partial charge in [0.2, 0.25) is 0 Å². The number of rotatable bonds is 2. The minimum absolute atomic E-state index is 0.0104. The number of nitro groups is 1. The van der Waals surface area contributed by atoms with E-state index in [9.17, 15) is 14.9 Å². The van der Waals surface area contributed by atoms with Gasteiger partial charge in [0, 0.05) is 12.3 Å². The van der Waals surface area contributed by atoms with Gasteiger partial charge in [0.15, 0.2) is 5.75 Å². The van der Waals surface area contributed by atoms with Crippen molar-refractivity contribution < 1.29 is 14.5 Å². The van der Waals surface area contributed by atoms with Crippen molar-refractivity contribution in [3.63, 3.8) is 0 Å². The van der Waals surface area contributed by atoms with Gasteiger partial charge in [-0.05, 0) is 6.92 Å². The SMILES string of the molecule is CC(=O)Oc1csc([N+](=O)[O-])c1C. The van der Waals surface area contributed by atoms with Gasteiger partial charge in [0.05, 0.1) is 10.5 Å². The van der Waals surface area contributed by atoms with E-state index < -0.39 is 10.9 Å². The van der Waals surface area contributed by atoms with Crippen molar-refractivity contribution in [1.82, 2.24) is 0 Å². The van der Waals surface area contributed by atoms with Crippen molar-refractivity contribution in [2.45, 2.75) is 13.8 Å². The van der Waals surface area contributed by atoms with E-state index in [0.29, 0.717) is 5.56 Å². The van der Waals surface area contributed by atoms with Crippen molar-refractivity contribution in [1.29, 1.82) is 0 Å². The molecular weight excluding hydrogens is 194 g/mol. The maximum atomic E-state index is 10.6. The third-order valence-electron chi connectivity index (χ3n) is 1.39. The Labute approximate surface area is 78.1 Å². The van der Waals surface area contributed by atoms with E-state index in [0.717, 1.165) is 11.3 Å². The summed E-state index contributed by atoms with van der Waals surface area (Å²) in [4.78, 5) is 20.5. The van der Waals surface area contributed by atoms with E-state index in [1.165, 1.54) is 12.3 Å². The molecule has 70 valence electrons. The molecule has 0 amide bonds. The minimum atomic E-state index is -0.493. The molecule has 0 bridgehead atoms. The molecule has 1 rings (SSSR count). The lowest BCUT2D eigenvalue weighted by molar-refractivity contribution is -0.380. The van der Waals surface area contributed by atoms with Gasteiger partial charge in [-0.15, -0.1) is 0 Å². The van der Waals surface area contributed by atoms with Crippen LogP contribution >= 0.6 is 11.3 Å². The number of carbonyl (C=O) groups excluding carboxylic acids is 1. The lowest BCUT2D eigenvalue weighted by Crippen LogP contribution is -2.01. The molecule has 0 fully saturated rings. The molecule has 0 spiro atoms. The van der Waals surface area contributed by atoms with Crippen LogP contribution in [0.1, 0.15) is 12.5 Å². The van der Waals surface area contributed by atoms with Crippen LogP contribution in [-0.4, -0.2) is 10.9 Å². The Hall–Kier alpha value is -1.43. The number of hydrogen-bond acceptors (Lipinski definition) is 5. The quantitative estimate of drug-likeness (QED) is 0.416. The third-order valence-corrected chi connectivity index (χ3v) is 2.40. The summed E-state index contributed by atoms with van der Waals surface area (Å²) >= 11 is 0.950. The summed E-state index contributed by atoms with van der Waals surface area (Å²) < 4.78 is 4.74. The standard InChI is InChI=1S/C7H7NO4S/c1-4-6(12-5(2)9)3-13-7(4)8(10)11/h3H,1-2H3. The monoisotopic (exact) mass is 201 g/mol. The molecule has 0 saturated heterocycles. The summed E-state index contributed by atoms with van der Waals surface area (Å²) in [5.41, 5.74) is 0.394. The van der Waals surface area contributed by atoms with E-state index in [1.54, 1.807) is 6.92 Å². The predicted molar refractivity (Wildman–Crippen MR) is 47.0 cm³/mol. The highest BCUT2D eigenvalue weighted by molar-refractivity contribution is 7.13. The smallest absolute Gasteiger partial charge is 0.330 e. The molecule has 0 aliphatic carbocycles. The fourth-order valence-electron chi connectivity index (χ4n) is 0.827. The molecular formula is C7H7NO4S. The first-order chi connectivity index (χ1) is 6.02. The Morgan fingerprint density at radius 2 is 2.31 bits per heavy atom. The van der Waals surface area contributed by atoms with E-state index in [2.05, 4.69) is 0 Å². The van der Waals surface area contributed by atoms with Gasteiger partial charge in [-0.25, -0.2) is 0 Å². The van der Waals surface area contributed by atoms with Crippen LogP contribution in [0.4, 0.5) is 5.00 Å². The van der Waals surface area contributed by atoms with Crippen LogP contribution in [0, 0.1) is 17.0 Å². The highest BCUT2D eigenvalue weighted by Crippen LogP contribution is 2.34. The lowest BCUT2D eigenvalue weighted by atomic mass is 10.3. The second-order valence-corrected chi connectivity index (χ2v) is 3.24. The van der Waals surface area contributed by atoms with Crippen LogP contribution in [0.5, 0.6) is 5.75 Å². The van der Waals surface area contributed by atoms with Crippen LogP contribution in [-0.2, 0) is 4.79 Å². The Bertz CT molecular complexity index is 357. The van der Waals surface area contributed by atoms with Crippen molar-refractivity contribution in [3.8, 4) is 5.75 Å². The predicted octanol–water partition coefficient (Wildman–Crippen LogP) is 1.89. The van der Waals surface area contributed by atoms with Crippen LogP contribution in [0.15, 0.2) is 5.38 Å². The Balaban J connectivity index is 2.99. The van der Waals surface area contributed by atoms with Crippen molar-refractivity contribution >= 4 is 22.3 Å². The molecule has 0 saturated carbocycles. The van der Waals surface area contributed by atoms with Crippen LogP contribution in [0.3, 0.4) is 0 Å². The van der Waals surface area contributed by atoms with Gasteiger partial charge in [0.1, 0.15) is 0 Å². The largest absolute Gasteiger partial charge is 0.425 e. The second-order valence-electron chi connectivity index (χ2n) is 2.38. The number of ether oxygens (including phenoxy) is 1. The molecule has 0 aliphatic heterocycles. The molecule has 0 unspecified atom stereocenters. The highest BCUT2D eigenvalue weighted by Gasteiger charge is 2.18. The molecule has 5 nitrogen and oxygen atoms in total. The Morgan fingerprint density at radius 3 is 2.69 bits per heavy atom. The zero-order valence-electron chi connectivity index (χ0n) is 7.07. The maximum Gasteiger partial charge on any atom is 0.330 e. The second kappa shape index (κ2) is 3.53. The molecule has 1 aromatic heterocycles. The third kappa shape index (κ3) is 2.03. The zero-order valence-corrected chi connectivity index (χ0v) is 7.88. The molecule has 13 heavy (non-hydrogen) atoms. The lowest BCUT2D eigenvalue weighted by Gasteiger charge is -1.96. The Kier molecular flexibility index (Phi) is 2.62. The van der Waals surface area contributed by atoms with Gasteiger partial charge < -0.3 is 4.74 Å². The zero-order chi connectivity index (χ0) is 10.0. The average molecular weight is 201 g/mol. The first kappa shape index (κ1) is 9.66. The fraction of sp³-hybridized carbons (Fsp3) is 0.286. The number of esters is 1. The molecule has 0 N–H and O–H groups in total. The summed E-state index contributed by atoms with van der Waals surface area (Å²) in [5, 5.41) is 11.9. The van der Waals surface area contributed by atoms with Gasteiger partial charge >= 0.3 is 11.0 Å². The average Bonchev–Trinajstić information content (AvgIpc) is 2.32. The molecule has 6 heteroatoms. The minimum Gasteiger partial charge on any atom is -0.425 e. The van der Waals surface area contributed by atoms with Crippen LogP contribution < -0.4 is 4.74 Å². The topological polar surface area (TPSA) is 69.4 Å². The number of nitrogens with zero attached hydrogens (tertiary/aromatic N) is 1. The Morgan fingerprint density at radius 1 is 1.69 bits per heavy atom. The van der Waals surface area contributed by atoms with E-state index in [4.69, 9.17) is 4.74 Å². The summed E-state index contributed by atoms with van der Waals surface area (Å²) in [6, 6.07) is 0.